The lowest BCUT2D eigenvalue weighted by atomic mass is 9.86. The van der Waals surface area contributed by atoms with Crippen LogP contribution in [-0.4, -0.2) is 53.6 Å². The smallest absolute Gasteiger partial charge is 0.408 e. The van der Waals surface area contributed by atoms with Crippen molar-refractivity contribution in [2.75, 3.05) is 19.8 Å². The lowest BCUT2D eigenvalue weighted by molar-refractivity contribution is -0.158. The monoisotopic (exact) mass is 493 g/mol. The molecule has 0 aliphatic rings. The van der Waals surface area contributed by atoms with Crippen LogP contribution in [0.5, 0.6) is 0 Å². The predicted molar refractivity (Wildman–Crippen MR) is 126 cm³/mol. The van der Waals surface area contributed by atoms with E-state index in [4.69, 9.17) is 13.8 Å². The Labute approximate surface area is 197 Å². The molecule has 0 atom stereocenters. The van der Waals surface area contributed by atoms with Crippen molar-refractivity contribution in [1.82, 2.24) is 5.32 Å². The number of ether oxygens (including phenoxy) is 1. The number of hydrogen-bond acceptors (Lipinski definition) is 7. The van der Waals surface area contributed by atoms with E-state index in [0.29, 0.717) is 10.9 Å². The van der Waals surface area contributed by atoms with Crippen LogP contribution in [0.2, 0.25) is 0 Å². The lowest BCUT2D eigenvalue weighted by Crippen LogP contribution is -2.61. The van der Waals surface area contributed by atoms with E-state index in [2.05, 4.69) is 0 Å². The van der Waals surface area contributed by atoms with Crippen LogP contribution in [0.3, 0.4) is 0 Å². The fourth-order valence-corrected chi connectivity index (χ4v) is 4.66. The first kappa shape index (κ1) is 27.0. The molecule has 0 unspecified atom stereocenters. The van der Waals surface area contributed by atoms with Gasteiger partial charge in [0.25, 0.3) is 0 Å². The summed E-state index contributed by atoms with van der Waals surface area (Å²) in [5.41, 5.74) is -2.02. The van der Waals surface area contributed by atoms with Crippen LogP contribution >= 0.6 is 7.60 Å². The number of rotatable bonds is 12. The molecule has 2 rings (SSSR count). The van der Waals surface area contributed by atoms with Crippen molar-refractivity contribution < 1.29 is 42.9 Å². The normalized spacial score (nSPS) is 12.1. The van der Waals surface area contributed by atoms with Crippen molar-refractivity contribution in [3.8, 4) is 0 Å². The molecule has 0 heterocycles. The third-order valence-corrected chi connectivity index (χ3v) is 6.63. The Morgan fingerprint density at radius 2 is 1.59 bits per heavy atom. The first-order valence-electron chi connectivity index (χ1n) is 10.6. The number of carboxylic acids is 2. The Bertz CT molecular complexity index is 1100. The molecule has 0 aliphatic carbocycles. The molecule has 1 amide bonds. The fourth-order valence-electron chi connectivity index (χ4n) is 3.36. The quantitative estimate of drug-likeness (QED) is 0.291. The van der Waals surface area contributed by atoms with Crippen LogP contribution in [0, 0.1) is 0 Å². The third kappa shape index (κ3) is 6.22. The topological polar surface area (TPSA) is 148 Å². The van der Waals surface area contributed by atoms with Gasteiger partial charge in [-0.3, -0.25) is 9.88 Å². The average molecular weight is 493 g/mol. The van der Waals surface area contributed by atoms with Gasteiger partial charge >= 0.3 is 25.6 Å². The number of nitrogens with one attached hydrogen (secondary N) is 1. The average Bonchev–Trinajstić information content (AvgIpc) is 2.77. The number of benzene rings is 2. The summed E-state index contributed by atoms with van der Waals surface area (Å²) in [4.78, 5) is 36.2. The van der Waals surface area contributed by atoms with Crippen LogP contribution in [0.15, 0.2) is 42.2 Å². The van der Waals surface area contributed by atoms with Gasteiger partial charge in [-0.05, 0) is 48.7 Å². The zero-order valence-corrected chi connectivity index (χ0v) is 20.0. The zero-order chi connectivity index (χ0) is 25.4. The van der Waals surface area contributed by atoms with Crippen LogP contribution in [0.25, 0.3) is 16.8 Å². The third-order valence-electron chi connectivity index (χ3n) is 4.88. The molecule has 0 spiro atoms. The molecular weight excluding hydrogens is 465 g/mol. The van der Waals surface area contributed by atoms with Crippen molar-refractivity contribution >= 4 is 42.5 Å². The maximum Gasteiger partial charge on any atom is 0.408 e. The number of fused-ring (bicyclic) bond motifs is 1. The molecule has 0 radical (unpaired) electrons. The van der Waals surface area contributed by atoms with Gasteiger partial charge in [-0.25, -0.2) is 14.4 Å². The molecule has 10 nitrogen and oxygen atoms in total. The highest BCUT2D eigenvalue weighted by molar-refractivity contribution is 7.57. The molecule has 0 saturated carbocycles. The molecule has 34 heavy (non-hydrogen) atoms. The molecule has 2 aromatic rings. The molecular formula is C23H28NO9P. The van der Waals surface area contributed by atoms with E-state index in [1.54, 1.807) is 38.1 Å². The second-order valence-electron chi connectivity index (χ2n) is 7.09. The summed E-state index contributed by atoms with van der Waals surface area (Å²) in [6.07, 6.45) is -0.334. The van der Waals surface area contributed by atoms with Gasteiger partial charge in [-0.1, -0.05) is 36.4 Å². The number of carbonyl (C=O) groups is 3. The van der Waals surface area contributed by atoms with E-state index < -0.39 is 37.6 Å². The van der Waals surface area contributed by atoms with E-state index in [1.165, 1.54) is 18.8 Å². The largest absolute Gasteiger partial charge is 0.479 e. The summed E-state index contributed by atoms with van der Waals surface area (Å²) >= 11 is 0. The SMILES string of the molecule is CCOC(=O)NC(Cc1ccc2ccccc2c1C=CP(=O)(OCC)OCC)(C(=O)O)C(=O)O. The number of carbonyl (C=O) groups excluding carboxylic acids is 1. The zero-order valence-electron chi connectivity index (χ0n) is 19.1. The molecule has 2 aromatic carbocycles. The molecule has 0 saturated heterocycles. The molecule has 0 fully saturated rings. The van der Waals surface area contributed by atoms with Crippen LogP contribution < -0.4 is 5.32 Å². The summed E-state index contributed by atoms with van der Waals surface area (Å²) in [5, 5.41) is 23.1. The van der Waals surface area contributed by atoms with Crippen molar-refractivity contribution in [3.05, 3.63) is 53.3 Å². The lowest BCUT2D eigenvalue weighted by Gasteiger charge is -2.27. The molecule has 184 valence electrons. The van der Waals surface area contributed by atoms with Crippen molar-refractivity contribution in [2.45, 2.75) is 32.7 Å². The standard InChI is InChI=1S/C23H28NO9P/c1-4-31-22(29)24-23(20(25)26,21(27)28)15-17-12-11-16-9-7-8-10-18(16)19(17)13-14-34(30,32-5-2)33-6-3/h7-14H,4-6,15H2,1-3H3,(H,24,29)(H,25,26)(H,27,28). The Kier molecular flexibility index (Phi) is 9.37. The van der Waals surface area contributed by atoms with Crippen LogP contribution in [-0.2, 0) is 34.4 Å². The summed E-state index contributed by atoms with van der Waals surface area (Å²) in [6.45, 7) is 5.03. The highest BCUT2D eigenvalue weighted by Crippen LogP contribution is 2.50. The number of hydrogen-bond donors (Lipinski definition) is 3. The second-order valence-corrected chi connectivity index (χ2v) is 8.98. The van der Waals surface area contributed by atoms with E-state index >= 15 is 0 Å². The molecule has 0 aromatic heterocycles. The predicted octanol–water partition coefficient (Wildman–Crippen LogP) is 4.27. The van der Waals surface area contributed by atoms with E-state index in [0.717, 1.165) is 5.39 Å². The van der Waals surface area contributed by atoms with Crippen LogP contribution in [0.4, 0.5) is 4.79 Å². The highest BCUT2D eigenvalue weighted by atomic mass is 31.2. The van der Waals surface area contributed by atoms with E-state index in [-0.39, 0.29) is 25.4 Å². The second kappa shape index (κ2) is 11.8. The minimum Gasteiger partial charge on any atom is -0.479 e. The number of amides is 1. The summed E-state index contributed by atoms with van der Waals surface area (Å²) in [5.74, 6) is -2.29. The highest BCUT2D eigenvalue weighted by Gasteiger charge is 2.49. The van der Waals surface area contributed by atoms with Gasteiger partial charge in [0.1, 0.15) is 0 Å². The summed E-state index contributed by atoms with van der Waals surface area (Å²) < 4.78 is 28.3. The van der Waals surface area contributed by atoms with Crippen molar-refractivity contribution in [3.63, 3.8) is 0 Å². The minimum atomic E-state index is -3.61. The van der Waals surface area contributed by atoms with Gasteiger partial charge in [0.05, 0.1) is 19.8 Å². The molecule has 11 heteroatoms. The number of alkyl carbamates (subject to hydrolysis) is 1. The van der Waals surface area contributed by atoms with Crippen molar-refractivity contribution in [2.24, 2.45) is 0 Å². The Morgan fingerprint density at radius 1 is 0.971 bits per heavy atom. The van der Waals surface area contributed by atoms with Gasteiger partial charge in [0.15, 0.2) is 0 Å². The number of aliphatic carboxylic acids is 2. The first-order valence-corrected chi connectivity index (χ1v) is 12.2. The molecule has 3 N–H and O–H groups in total. The Hall–Kier alpha value is -3.20. The molecule has 0 aliphatic heterocycles. The minimum absolute atomic E-state index is 0.0742. The van der Waals surface area contributed by atoms with Gasteiger partial charge in [0.2, 0.25) is 5.54 Å². The van der Waals surface area contributed by atoms with Gasteiger partial charge < -0.3 is 24.0 Å². The fraction of sp³-hybridized carbons (Fsp3) is 0.348. The van der Waals surface area contributed by atoms with Crippen molar-refractivity contribution in [1.29, 1.82) is 0 Å². The number of carboxylic acid groups (broad SMARTS) is 2. The Morgan fingerprint density at radius 3 is 2.15 bits per heavy atom. The maximum atomic E-state index is 13.0. The Balaban J connectivity index is 2.68. The summed E-state index contributed by atoms with van der Waals surface area (Å²) in [6, 6.07) is 10.4. The first-order chi connectivity index (χ1) is 16.1. The maximum absolute atomic E-state index is 13.0. The van der Waals surface area contributed by atoms with E-state index in [9.17, 15) is 29.2 Å². The van der Waals surface area contributed by atoms with E-state index in [1.807, 2.05) is 17.4 Å². The van der Waals surface area contributed by atoms with Gasteiger partial charge in [-0.2, -0.15) is 0 Å². The van der Waals surface area contributed by atoms with Gasteiger partial charge in [-0.15, -0.1) is 0 Å². The summed E-state index contributed by atoms with van der Waals surface area (Å²) in [7, 11) is -3.61. The van der Waals surface area contributed by atoms with Crippen LogP contribution in [0.1, 0.15) is 31.9 Å². The molecule has 0 bridgehead atoms. The van der Waals surface area contributed by atoms with Gasteiger partial charge in [0, 0.05) is 12.2 Å².